The molecule has 1 heterocycles. The highest BCUT2D eigenvalue weighted by Crippen LogP contribution is 2.29. The van der Waals surface area contributed by atoms with Crippen molar-refractivity contribution in [1.29, 1.82) is 0 Å². The minimum absolute atomic E-state index is 0.159. The summed E-state index contributed by atoms with van der Waals surface area (Å²) < 4.78 is 17.7. The van der Waals surface area contributed by atoms with Gasteiger partial charge in [0.2, 0.25) is 5.91 Å². The normalized spacial score (nSPS) is 10.4. The third-order valence-electron chi connectivity index (χ3n) is 3.95. The van der Waals surface area contributed by atoms with Crippen molar-refractivity contribution in [2.45, 2.75) is 5.16 Å². The van der Waals surface area contributed by atoms with Crippen LogP contribution in [0.2, 0.25) is 0 Å². The molecule has 1 N–H and O–H groups in total. The molecule has 0 atom stereocenters. The van der Waals surface area contributed by atoms with Crippen molar-refractivity contribution < 1.29 is 19.0 Å². The molecule has 3 rings (SSSR count). The molecule has 0 radical (unpaired) electrons. The van der Waals surface area contributed by atoms with E-state index in [-0.39, 0.29) is 11.7 Å². The average molecular weight is 399 g/mol. The second-order valence-electron chi connectivity index (χ2n) is 5.68. The highest BCUT2D eigenvalue weighted by Gasteiger charge is 2.12. The topological polar surface area (TPSA) is 74.6 Å². The number of ether oxygens (including phenoxy) is 3. The number of aromatic nitrogens is 2. The fourth-order valence-electron chi connectivity index (χ4n) is 2.57. The molecule has 1 amide bonds. The van der Waals surface area contributed by atoms with E-state index in [2.05, 4.69) is 10.3 Å². The number of amides is 1. The van der Waals surface area contributed by atoms with Gasteiger partial charge in [-0.2, -0.15) is 0 Å². The minimum Gasteiger partial charge on any atom is -0.497 e. The van der Waals surface area contributed by atoms with Crippen molar-refractivity contribution in [2.75, 3.05) is 32.4 Å². The summed E-state index contributed by atoms with van der Waals surface area (Å²) in [4.78, 5) is 16.8. The van der Waals surface area contributed by atoms with Gasteiger partial charge in [0, 0.05) is 24.5 Å². The van der Waals surface area contributed by atoms with Crippen LogP contribution in [0.3, 0.4) is 0 Å². The Morgan fingerprint density at radius 1 is 1.07 bits per heavy atom. The molecule has 3 aromatic rings. The average Bonchev–Trinajstić information content (AvgIpc) is 3.21. The fourth-order valence-corrected chi connectivity index (χ4v) is 3.34. The van der Waals surface area contributed by atoms with Crippen LogP contribution in [-0.4, -0.2) is 42.5 Å². The first-order chi connectivity index (χ1) is 13.6. The smallest absolute Gasteiger partial charge is 0.234 e. The summed E-state index contributed by atoms with van der Waals surface area (Å²) in [5.74, 6) is 2.00. The Hall–Kier alpha value is -3.13. The molecule has 0 aliphatic rings. The molecule has 8 heteroatoms. The number of benzene rings is 2. The lowest BCUT2D eigenvalue weighted by Crippen LogP contribution is -2.15. The maximum Gasteiger partial charge on any atom is 0.234 e. The van der Waals surface area contributed by atoms with Crippen LogP contribution < -0.4 is 19.5 Å². The second-order valence-corrected chi connectivity index (χ2v) is 6.63. The lowest BCUT2D eigenvalue weighted by atomic mass is 10.2. The number of thioether (sulfide) groups is 1. The predicted octanol–water partition coefficient (Wildman–Crippen LogP) is 3.63. The number of hydrogen-bond acceptors (Lipinski definition) is 6. The van der Waals surface area contributed by atoms with E-state index in [0.717, 1.165) is 11.4 Å². The summed E-state index contributed by atoms with van der Waals surface area (Å²) in [6.07, 6.45) is 3.55. The maximum atomic E-state index is 12.4. The molecule has 1 aromatic heterocycles. The third-order valence-corrected chi connectivity index (χ3v) is 4.92. The Morgan fingerprint density at radius 2 is 1.86 bits per heavy atom. The standard InChI is InChI=1S/C20H21N3O4S/c1-25-15-6-4-5-14(11-15)23-10-9-21-20(23)28-13-19(24)22-17-8-7-16(26-2)12-18(17)27-3/h4-12H,13H2,1-3H3,(H,22,24). The molecule has 0 aliphatic carbocycles. The summed E-state index contributed by atoms with van der Waals surface area (Å²) >= 11 is 1.34. The zero-order valence-corrected chi connectivity index (χ0v) is 16.7. The summed E-state index contributed by atoms with van der Waals surface area (Å²) in [6, 6.07) is 12.9. The lowest BCUT2D eigenvalue weighted by Gasteiger charge is -2.12. The number of anilines is 1. The molecule has 146 valence electrons. The molecule has 0 saturated heterocycles. The van der Waals surface area contributed by atoms with Crippen LogP contribution in [0.1, 0.15) is 0 Å². The molecule has 0 fully saturated rings. The number of rotatable bonds is 8. The molecular formula is C20H21N3O4S. The predicted molar refractivity (Wildman–Crippen MR) is 109 cm³/mol. The molecule has 28 heavy (non-hydrogen) atoms. The van der Waals surface area contributed by atoms with Gasteiger partial charge in [-0.3, -0.25) is 9.36 Å². The minimum atomic E-state index is -0.159. The van der Waals surface area contributed by atoms with Gasteiger partial charge >= 0.3 is 0 Å². The van der Waals surface area contributed by atoms with Crippen LogP contribution in [0, 0.1) is 0 Å². The zero-order valence-electron chi connectivity index (χ0n) is 15.8. The van der Waals surface area contributed by atoms with Crippen molar-refractivity contribution in [2.24, 2.45) is 0 Å². The van der Waals surface area contributed by atoms with E-state index in [9.17, 15) is 4.79 Å². The molecule has 0 saturated carbocycles. The molecule has 2 aromatic carbocycles. The van der Waals surface area contributed by atoms with E-state index in [1.807, 2.05) is 35.0 Å². The first-order valence-electron chi connectivity index (χ1n) is 8.47. The van der Waals surface area contributed by atoms with Gasteiger partial charge < -0.3 is 19.5 Å². The van der Waals surface area contributed by atoms with Gasteiger partial charge in [0.25, 0.3) is 0 Å². The highest BCUT2D eigenvalue weighted by molar-refractivity contribution is 7.99. The van der Waals surface area contributed by atoms with Gasteiger partial charge in [-0.05, 0) is 24.3 Å². The Bertz CT molecular complexity index is 958. The van der Waals surface area contributed by atoms with Gasteiger partial charge in [-0.25, -0.2) is 4.98 Å². The van der Waals surface area contributed by atoms with Crippen LogP contribution in [0.5, 0.6) is 17.2 Å². The van der Waals surface area contributed by atoms with Crippen molar-refractivity contribution >= 4 is 23.4 Å². The highest BCUT2D eigenvalue weighted by atomic mass is 32.2. The van der Waals surface area contributed by atoms with Gasteiger partial charge in [-0.1, -0.05) is 17.8 Å². The summed E-state index contributed by atoms with van der Waals surface area (Å²) in [5, 5.41) is 3.57. The lowest BCUT2D eigenvalue weighted by molar-refractivity contribution is -0.113. The number of methoxy groups -OCH3 is 3. The van der Waals surface area contributed by atoms with Gasteiger partial charge in [0.1, 0.15) is 17.2 Å². The fraction of sp³-hybridized carbons (Fsp3) is 0.200. The van der Waals surface area contributed by atoms with Crippen molar-refractivity contribution in [3.63, 3.8) is 0 Å². The molecule has 0 unspecified atom stereocenters. The quantitative estimate of drug-likeness (QED) is 0.583. The van der Waals surface area contributed by atoms with E-state index >= 15 is 0 Å². The number of carbonyl (C=O) groups excluding carboxylic acids is 1. The van der Waals surface area contributed by atoms with Crippen molar-refractivity contribution in [1.82, 2.24) is 9.55 Å². The Labute approximate surface area is 167 Å². The van der Waals surface area contributed by atoms with Gasteiger partial charge in [-0.15, -0.1) is 0 Å². The molecule has 0 spiro atoms. The number of imidazole rings is 1. The molecular weight excluding hydrogens is 378 g/mol. The van der Waals surface area contributed by atoms with Crippen molar-refractivity contribution in [3.05, 3.63) is 54.9 Å². The van der Waals surface area contributed by atoms with E-state index in [1.54, 1.807) is 45.7 Å². The Kier molecular flexibility index (Phi) is 6.44. The second kappa shape index (κ2) is 9.18. The zero-order chi connectivity index (χ0) is 19.9. The van der Waals surface area contributed by atoms with Crippen LogP contribution in [-0.2, 0) is 4.79 Å². The SMILES string of the molecule is COc1cccc(-n2ccnc2SCC(=O)Nc2ccc(OC)cc2OC)c1. The van der Waals surface area contributed by atoms with E-state index in [0.29, 0.717) is 22.3 Å². The Morgan fingerprint density at radius 3 is 2.61 bits per heavy atom. The first-order valence-corrected chi connectivity index (χ1v) is 9.45. The largest absolute Gasteiger partial charge is 0.497 e. The van der Waals surface area contributed by atoms with E-state index < -0.39 is 0 Å². The van der Waals surface area contributed by atoms with Crippen LogP contribution in [0.4, 0.5) is 5.69 Å². The third kappa shape index (κ3) is 4.58. The Balaban J connectivity index is 1.67. The summed E-state index contributed by atoms with van der Waals surface area (Å²) in [5.41, 5.74) is 1.50. The van der Waals surface area contributed by atoms with Crippen molar-refractivity contribution in [3.8, 4) is 22.9 Å². The molecule has 7 nitrogen and oxygen atoms in total. The van der Waals surface area contributed by atoms with Gasteiger partial charge in [0.15, 0.2) is 5.16 Å². The van der Waals surface area contributed by atoms with Gasteiger partial charge in [0.05, 0.1) is 38.5 Å². The number of nitrogens with zero attached hydrogens (tertiary/aromatic N) is 2. The summed E-state index contributed by atoms with van der Waals surface area (Å²) in [6.45, 7) is 0. The first kappa shape index (κ1) is 19.6. The number of nitrogens with one attached hydrogen (secondary N) is 1. The number of hydrogen-bond donors (Lipinski definition) is 1. The van der Waals surface area contributed by atoms with Crippen LogP contribution >= 0.6 is 11.8 Å². The molecule has 0 bridgehead atoms. The van der Waals surface area contributed by atoms with E-state index in [4.69, 9.17) is 14.2 Å². The summed E-state index contributed by atoms with van der Waals surface area (Å²) in [7, 11) is 4.75. The number of carbonyl (C=O) groups is 1. The van der Waals surface area contributed by atoms with Crippen LogP contribution in [0.15, 0.2) is 60.0 Å². The maximum absolute atomic E-state index is 12.4. The van der Waals surface area contributed by atoms with Crippen LogP contribution in [0.25, 0.3) is 5.69 Å². The monoisotopic (exact) mass is 399 g/mol. The molecule has 0 aliphatic heterocycles. The van der Waals surface area contributed by atoms with E-state index in [1.165, 1.54) is 11.8 Å².